The molecule has 0 saturated carbocycles. The van der Waals surface area contributed by atoms with Gasteiger partial charge in [-0.3, -0.25) is 4.79 Å². The van der Waals surface area contributed by atoms with E-state index < -0.39 is 0 Å². The molecule has 0 bridgehead atoms. The van der Waals surface area contributed by atoms with E-state index in [0.29, 0.717) is 16.3 Å². The highest BCUT2D eigenvalue weighted by atomic mass is 35.5. The standard InChI is InChI=1S/C10H8ClN3O/c11-7-3-1-6(2-4-7)9-8(12)5-13-14-10(9)15/h1-5H,(H3,12,14,15). The number of H-pyrrole nitrogens is 1. The molecule has 0 amide bonds. The largest absolute Gasteiger partial charge is 0.397 e. The molecule has 1 heterocycles. The Bertz CT molecular complexity index is 533. The number of anilines is 1. The van der Waals surface area contributed by atoms with Crippen LogP contribution in [-0.4, -0.2) is 10.2 Å². The molecule has 0 saturated heterocycles. The van der Waals surface area contributed by atoms with E-state index >= 15 is 0 Å². The van der Waals surface area contributed by atoms with Crippen molar-refractivity contribution in [3.05, 3.63) is 45.8 Å². The van der Waals surface area contributed by atoms with Gasteiger partial charge in [0.05, 0.1) is 17.4 Å². The number of nitrogens with zero attached hydrogens (tertiary/aromatic N) is 1. The molecule has 0 aliphatic carbocycles. The van der Waals surface area contributed by atoms with Crippen LogP contribution in [0.1, 0.15) is 0 Å². The molecule has 0 unspecified atom stereocenters. The van der Waals surface area contributed by atoms with Gasteiger partial charge in [0.25, 0.3) is 5.56 Å². The van der Waals surface area contributed by atoms with Crippen molar-refractivity contribution < 1.29 is 0 Å². The van der Waals surface area contributed by atoms with E-state index in [0.717, 1.165) is 5.56 Å². The topological polar surface area (TPSA) is 71.8 Å². The van der Waals surface area contributed by atoms with Crippen LogP contribution in [0.2, 0.25) is 5.02 Å². The molecule has 4 nitrogen and oxygen atoms in total. The second-order valence-corrected chi connectivity index (χ2v) is 3.47. The van der Waals surface area contributed by atoms with E-state index in [4.69, 9.17) is 17.3 Å². The van der Waals surface area contributed by atoms with Crippen molar-refractivity contribution in [1.29, 1.82) is 0 Å². The minimum absolute atomic E-state index is 0.308. The maximum Gasteiger partial charge on any atom is 0.274 e. The van der Waals surface area contributed by atoms with E-state index in [1.807, 2.05) is 0 Å². The minimum atomic E-state index is -0.308. The number of aromatic nitrogens is 2. The van der Waals surface area contributed by atoms with Gasteiger partial charge in [0.1, 0.15) is 0 Å². The Balaban J connectivity index is 2.64. The van der Waals surface area contributed by atoms with Gasteiger partial charge in [-0.15, -0.1) is 0 Å². The highest BCUT2D eigenvalue weighted by Gasteiger charge is 2.07. The quantitative estimate of drug-likeness (QED) is 0.770. The smallest absolute Gasteiger partial charge is 0.274 e. The number of aromatic amines is 1. The molecule has 0 spiro atoms. The first kappa shape index (κ1) is 9.73. The van der Waals surface area contributed by atoms with Gasteiger partial charge in [-0.05, 0) is 17.7 Å². The summed E-state index contributed by atoms with van der Waals surface area (Å²) in [5.74, 6) is 0. The van der Waals surface area contributed by atoms with E-state index in [1.165, 1.54) is 6.20 Å². The molecule has 1 aromatic carbocycles. The normalized spacial score (nSPS) is 10.2. The van der Waals surface area contributed by atoms with Gasteiger partial charge < -0.3 is 5.73 Å². The van der Waals surface area contributed by atoms with Crippen LogP contribution in [0.25, 0.3) is 11.1 Å². The Kier molecular flexibility index (Phi) is 2.43. The Labute approximate surface area is 90.7 Å². The average molecular weight is 222 g/mol. The summed E-state index contributed by atoms with van der Waals surface area (Å²) in [6, 6.07) is 6.89. The van der Waals surface area contributed by atoms with Crippen molar-refractivity contribution in [1.82, 2.24) is 10.2 Å². The molecular formula is C10H8ClN3O. The zero-order valence-electron chi connectivity index (χ0n) is 7.70. The van der Waals surface area contributed by atoms with Crippen LogP contribution in [0, 0.1) is 0 Å². The molecule has 0 aliphatic heterocycles. The van der Waals surface area contributed by atoms with E-state index in [1.54, 1.807) is 24.3 Å². The fourth-order valence-electron chi connectivity index (χ4n) is 1.33. The lowest BCUT2D eigenvalue weighted by Crippen LogP contribution is -2.12. The number of hydrogen-bond acceptors (Lipinski definition) is 3. The molecular weight excluding hydrogens is 214 g/mol. The Hall–Kier alpha value is -1.81. The first-order valence-electron chi connectivity index (χ1n) is 4.27. The summed E-state index contributed by atoms with van der Waals surface area (Å²) >= 11 is 5.75. The summed E-state index contributed by atoms with van der Waals surface area (Å²) in [7, 11) is 0. The number of halogens is 1. The zero-order valence-corrected chi connectivity index (χ0v) is 8.45. The second-order valence-electron chi connectivity index (χ2n) is 3.04. The lowest BCUT2D eigenvalue weighted by atomic mass is 10.1. The van der Waals surface area contributed by atoms with E-state index in [9.17, 15) is 4.79 Å². The number of rotatable bonds is 1. The molecule has 15 heavy (non-hydrogen) atoms. The summed E-state index contributed by atoms with van der Waals surface area (Å²) in [5.41, 5.74) is 6.86. The Morgan fingerprint density at radius 2 is 1.93 bits per heavy atom. The molecule has 2 rings (SSSR count). The molecule has 0 fully saturated rings. The van der Waals surface area contributed by atoms with Crippen LogP contribution in [-0.2, 0) is 0 Å². The molecule has 1 aromatic heterocycles. The van der Waals surface area contributed by atoms with Crippen molar-refractivity contribution in [2.75, 3.05) is 5.73 Å². The van der Waals surface area contributed by atoms with E-state index in [-0.39, 0.29) is 5.56 Å². The Morgan fingerprint density at radius 3 is 2.53 bits per heavy atom. The van der Waals surface area contributed by atoms with Crippen molar-refractivity contribution in [2.24, 2.45) is 0 Å². The molecule has 3 N–H and O–H groups in total. The van der Waals surface area contributed by atoms with Crippen LogP contribution >= 0.6 is 11.6 Å². The van der Waals surface area contributed by atoms with Crippen LogP contribution in [0.3, 0.4) is 0 Å². The van der Waals surface area contributed by atoms with Crippen LogP contribution < -0.4 is 11.3 Å². The third-order valence-electron chi connectivity index (χ3n) is 2.02. The van der Waals surface area contributed by atoms with Crippen molar-refractivity contribution >= 4 is 17.3 Å². The molecule has 2 aromatic rings. The predicted molar refractivity (Wildman–Crippen MR) is 59.7 cm³/mol. The summed E-state index contributed by atoms with van der Waals surface area (Å²) < 4.78 is 0. The SMILES string of the molecule is Nc1cn[nH]c(=O)c1-c1ccc(Cl)cc1. The number of nitrogens with two attached hydrogens (primary N) is 1. The summed E-state index contributed by atoms with van der Waals surface area (Å²) in [5, 5.41) is 6.55. The van der Waals surface area contributed by atoms with Crippen LogP contribution in [0.5, 0.6) is 0 Å². The van der Waals surface area contributed by atoms with Gasteiger partial charge in [0, 0.05) is 5.02 Å². The molecule has 0 atom stereocenters. The average Bonchev–Trinajstić information content (AvgIpc) is 2.20. The lowest BCUT2D eigenvalue weighted by Gasteiger charge is -2.03. The molecule has 0 radical (unpaired) electrons. The third-order valence-corrected chi connectivity index (χ3v) is 2.27. The van der Waals surface area contributed by atoms with Gasteiger partial charge in [-0.25, -0.2) is 5.10 Å². The van der Waals surface area contributed by atoms with Gasteiger partial charge in [-0.2, -0.15) is 5.10 Å². The van der Waals surface area contributed by atoms with Crippen molar-refractivity contribution in [3.8, 4) is 11.1 Å². The highest BCUT2D eigenvalue weighted by molar-refractivity contribution is 6.30. The Morgan fingerprint density at radius 1 is 1.27 bits per heavy atom. The summed E-state index contributed by atoms with van der Waals surface area (Å²) in [6.45, 7) is 0. The second kappa shape index (κ2) is 3.74. The third kappa shape index (κ3) is 1.85. The highest BCUT2D eigenvalue weighted by Crippen LogP contribution is 2.22. The first-order chi connectivity index (χ1) is 7.18. The maximum atomic E-state index is 11.5. The number of nitrogen functional groups attached to an aromatic ring is 1. The fraction of sp³-hybridized carbons (Fsp3) is 0. The first-order valence-corrected chi connectivity index (χ1v) is 4.65. The summed E-state index contributed by atoms with van der Waals surface area (Å²) in [6.07, 6.45) is 1.41. The molecule has 0 aliphatic rings. The molecule has 5 heteroatoms. The van der Waals surface area contributed by atoms with E-state index in [2.05, 4.69) is 10.2 Å². The van der Waals surface area contributed by atoms with Gasteiger partial charge in [0.2, 0.25) is 0 Å². The minimum Gasteiger partial charge on any atom is -0.397 e. The fourth-order valence-corrected chi connectivity index (χ4v) is 1.45. The van der Waals surface area contributed by atoms with Crippen molar-refractivity contribution in [2.45, 2.75) is 0 Å². The lowest BCUT2D eigenvalue weighted by molar-refractivity contribution is 0.995. The van der Waals surface area contributed by atoms with Gasteiger partial charge in [0.15, 0.2) is 0 Å². The van der Waals surface area contributed by atoms with Gasteiger partial charge >= 0.3 is 0 Å². The zero-order chi connectivity index (χ0) is 10.8. The van der Waals surface area contributed by atoms with Crippen molar-refractivity contribution in [3.63, 3.8) is 0 Å². The molecule has 76 valence electrons. The van der Waals surface area contributed by atoms with Crippen LogP contribution in [0.4, 0.5) is 5.69 Å². The monoisotopic (exact) mass is 221 g/mol. The predicted octanol–water partition coefficient (Wildman–Crippen LogP) is 1.67. The number of hydrogen-bond donors (Lipinski definition) is 2. The maximum absolute atomic E-state index is 11.5. The van der Waals surface area contributed by atoms with Crippen LogP contribution in [0.15, 0.2) is 35.3 Å². The number of nitrogens with one attached hydrogen (secondary N) is 1. The summed E-state index contributed by atoms with van der Waals surface area (Å²) in [4.78, 5) is 11.5. The number of benzene rings is 1. The van der Waals surface area contributed by atoms with Gasteiger partial charge in [-0.1, -0.05) is 23.7 Å².